The zero-order valence-corrected chi connectivity index (χ0v) is 19.9. The predicted molar refractivity (Wildman–Crippen MR) is 135 cm³/mol. The molecule has 3 heterocycles. The lowest BCUT2D eigenvalue weighted by Gasteiger charge is -2.14. The molecule has 6 nitrogen and oxygen atoms in total. The number of hydrogen-bond donors (Lipinski definition) is 2. The maximum absolute atomic E-state index is 12.7. The van der Waals surface area contributed by atoms with Crippen molar-refractivity contribution in [3.63, 3.8) is 0 Å². The summed E-state index contributed by atoms with van der Waals surface area (Å²) in [5, 5.41) is 15.9. The van der Waals surface area contributed by atoms with Crippen molar-refractivity contribution in [1.29, 1.82) is 0 Å². The van der Waals surface area contributed by atoms with E-state index in [0.29, 0.717) is 5.16 Å². The first-order valence-electron chi connectivity index (χ1n) is 10.7. The number of nitrogens with one attached hydrogen (secondary N) is 2. The van der Waals surface area contributed by atoms with Crippen molar-refractivity contribution in [3.05, 3.63) is 82.7 Å². The predicted octanol–water partition coefficient (Wildman–Crippen LogP) is 5.76. The van der Waals surface area contributed by atoms with E-state index >= 15 is 0 Å². The topological polar surface area (TPSA) is 75.6 Å². The molecule has 1 amide bonds. The number of H-pyrrole nitrogens is 1. The lowest BCUT2D eigenvalue weighted by molar-refractivity contribution is -0.119. The first-order chi connectivity index (χ1) is 16.1. The van der Waals surface area contributed by atoms with E-state index in [2.05, 4.69) is 45.6 Å². The fourth-order valence-electron chi connectivity index (χ4n) is 3.85. The summed E-state index contributed by atoms with van der Waals surface area (Å²) in [5.74, 6) is 0.971. The smallest absolute Gasteiger partial charge is 0.230 e. The maximum atomic E-state index is 12.7. The lowest BCUT2D eigenvalue weighted by Crippen LogP contribution is -2.27. The molecule has 3 aromatic heterocycles. The highest BCUT2D eigenvalue weighted by Gasteiger charge is 2.21. The second-order valence-corrected chi connectivity index (χ2v) is 9.69. The number of benzene rings is 2. The fraction of sp³-hybridized carbons (Fsp3) is 0.160. The van der Waals surface area contributed by atoms with Crippen molar-refractivity contribution in [2.24, 2.45) is 0 Å². The van der Waals surface area contributed by atoms with Gasteiger partial charge in [-0.2, -0.15) is 0 Å². The van der Waals surface area contributed by atoms with Gasteiger partial charge in [-0.3, -0.25) is 9.36 Å². The van der Waals surface area contributed by atoms with E-state index in [4.69, 9.17) is 0 Å². The molecule has 1 unspecified atom stereocenters. The molecule has 0 aliphatic rings. The van der Waals surface area contributed by atoms with E-state index < -0.39 is 0 Å². The molecular formula is C25H23N5OS2. The second-order valence-electron chi connectivity index (χ2n) is 7.77. The van der Waals surface area contributed by atoms with Gasteiger partial charge in [-0.15, -0.1) is 21.5 Å². The molecule has 5 rings (SSSR count). The summed E-state index contributed by atoms with van der Waals surface area (Å²) in [6, 6.07) is 20.3. The van der Waals surface area contributed by atoms with Crippen LogP contribution in [0.15, 0.2) is 77.4 Å². The second kappa shape index (κ2) is 9.25. The van der Waals surface area contributed by atoms with Crippen LogP contribution >= 0.6 is 23.1 Å². The first-order valence-corrected chi connectivity index (χ1v) is 12.5. The monoisotopic (exact) mass is 473 g/mol. The van der Waals surface area contributed by atoms with E-state index in [9.17, 15) is 4.79 Å². The minimum Gasteiger partial charge on any atom is -0.360 e. The number of rotatable bonds is 7. The van der Waals surface area contributed by atoms with Crippen molar-refractivity contribution >= 4 is 39.9 Å². The van der Waals surface area contributed by atoms with Crippen molar-refractivity contribution in [2.75, 3.05) is 5.75 Å². The quantitative estimate of drug-likeness (QED) is 0.295. The molecule has 0 bridgehead atoms. The molecule has 0 saturated heterocycles. The van der Waals surface area contributed by atoms with Crippen LogP contribution in [0.25, 0.3) is 28.0 Å². The number of nitrogens with zero attached hydrogens (tertiary/aromatic N) is 3. The molecule has 166 valence electrons. The van der Waals surface area contributed by atoms with Gasteiger partial charge in [0.2, 0.25) is 5.91 Å². The number of fused-ring (bicyclic) bond motifs is 1. The van der Waals surface area contributed by atoms with E-state index in [1.165, 1.54) is 11.8 Å². The number of para-hydroxylation sites is 2. The number of carbonyl (C=O) groups is 1. The lowest BCUT2D eigenvalue weighted by atomic mass is 10.1. The number of thiophene rings is 1. The normalized spacial score (nSPS) is 12.2. The van der Waals surface area contributed by atoms with Crippen LogP contribution in [0.4, 0.5) is 0 Å². The number of amides is 1. The summed E-state index contributed by atoms with van der Waals surface area (Å²) in [7, 11) is 0. The van der Waals surface area contributed by atoms with Crippen LogP contribution in [0.5, 0.6) is 0 Å². The van der Waals surface area contributed by atoms with Gasteiger partial charge in [0.1, 0.15) is 0 Å². The number of aromatic amines is 1. The summed E-state index contributed by atoms with van der Waals surface area (Å²) < 4.78 is 2.05. The Morgan fingerprint density at radius 1 is 1.12 bits per heavy atom. The number of carbonyl (C=O) groups excluding carboxylic acids is 1. The molecule has 0 fully saturated rings. The van der Waals surface area contributed by atoms with Gasteiger partial charge in [-0.1, -0.05) is 54.2 Å². The minimum atomic E-state index is -0.0334. The van der Waals surface area contributed by atoms with Crippen LogP contribution in [0.1, 0.15) is 23.4 Å². The van der Waals surface area contributed by atoms with Crippen molar-refractivity contribution in [1.82, 2.24) is 25.1 Å². The average Bonchev–Trinajstić information content (AvgIpc) is 3.57. The summed E-state index contributed by atoms with van der Waals surface area (Å²) >= 11 is 3.03. The molecule has 0 aliphatic heterocycles. The zero-order valence-electron chi connectivity index (χ0n) is 18.3. The van der Waals surface area contributed by atoms with Gasteiger partial charge >= 0.3 is 0 Å². The average molecular weight is 474 g/mol. The Bertz CT molecular complexity index is 1400. The Labute approximate surface area is 200 Å². The molecule has 5 aromatic rings. The van der Waals surface area contributed by atoms with Crippen molar-refractivity contribution < 1.29 is 4.79 Å². The Morgan fingerprint density at radius 3 is 2.76 bits per heavy atom. The van der Waals surface area contributed by atoms with Crippen LogP contribution in [0.2, 0.25) is 0 Å². The van der Waals surface area contributed by atoms with Gasteiger partial charge in [0.25, 0.3) is 0 Å². The molecular weight excluding hydrogens is 450 g/mol. The maximum Gasteiger partial charge on any atom is 0.230 e. The summed E-state index contributed by atoms with van der Waals surface area (Å²) in [5.41, 5.74) is 4.13. The molecule has 1 atom stereocenters. The molecule has 2 N–H and O–H groups in total. The summed E-state index contributed by atoms with van der Waals surface area (Å²) in [6.07, 6.45) is 1.97. The molecule has 33 heavy (non-hydrogen) atoms. The van der Waals surface area contributed by atoms with Crippen LogP contribution in [0.3, 0.4) is 0 Å². The Kier molecular flexibility index (Phi) is 6.02. The molecule has 0 radical (unpaired) electrons. The van der Waals surface area contributed by atoms with E-state index in [0.717, 1.165) is 38.4 Å². The van der Waals surface area contributed by atoms with E-state index in [1.807, 2.05) is 65.5 Å². The molecule has 2 aromatic carbocycles. The van der Waals surface area contributed by atoms with Crippen molar-refractivity contribution in [2.45, 2.75) is 25.0 Å². The Morgan fingerprint density at radius 2 is 1.94 bits per heavy atom. The number of aryl methyl sites for hydroxylation is 1. The van der Waals surface area contributed by atoms with Crippen LogP contribution in [-0.4, -0.2) is 31.4 Å². The Hall–Kier alpha value is -3.36. The van der Waals surface area contributed by atoms with E-state index in [-0.39, 0.29) is 17.7 Å². The summed E-state index contributed by atoms with van der Waals surface area (Å²) in [6.45, 7) is 4.07. The van der Waals surface area contributed by atoms with Gasteiger partial charge in [0, 0.05) is 27.5 Å². The van der Waals surface area contributed by atoms with Crippen LogP contribution in [-0.2, 0) is 4.79 Å². The van der Waals surface area contributed by atoms with Crippen LogP contribution in [0, 0.1) is 6.92 Å². The molecule has 0 spiro atoms. The SMILES string of the molecule is Cc1ccccc1-n1c(SCC(=O)NC(C)c2cccs2)nnc1-c1c[nH]c2ccccc12. The van der Waals surface area contributed by atoms with Crippen LogP contribution < -0.4 is 5.32 Å². The largest absolute Gasteiger partial charge is 0.360 e. The molecule has 0 aliphatic carbocycles. The van der Waals surface area contributed by atoms with Gasteiger partial charge in [0.05, 0.1) is 17.5 Å². The highest BCUT2D eigenvalue weighted by Crippen LogP contribution is 2.33. The first kappa shape index (κ1) is 21.5. The number of aromatic nitrogens is 4. The van der Waals surface area contributed by atoms with Gasteiger partial charge in [-0.25, -0.2) is 0 Å². The fourth-order valence-corrected chi connectivity index (χ4v) is 5.34. The standard InChI is InChI=1S/C25H23N5OS2/c1-16-8-3-6-11-21(16)30-24(19-14-26-20-10-5-4-9-18(19)20)28-29-25(30)33-15-23(31)27-17(2)22-12-7-13-32-22/h3-14,17,26H,15H2,1-2H3,(H,27,31). The highest BCUT2D eigenvalue weighted by atomic mass is 32.2. The highest BCUT2D eigenvalue weighted by molar-refractivity contribution is 7.99. The zero-order chi connectivity index (χ0) is 22.8. The van der Waals surface area contributed by atoms with Gasteiger partial charge < -0.3 is 10.3 Å². The summed E-state index contributed by atoms with van der Waals surface area (Å²) in [4.78, 5) is 17.1. The minimum absolute atomic E-state index is 0.0193. The third-order valence-corrected chi connectivity index (χ3v) is 7.48. The van der Waals surface area contributed by atoms with Crippen molar-refractivity contribution in [3.8, 4) is 17.1 Å². The van der Waals surface area contributed by atoms with E-state index in [1.54, 1.807) is 11.3 Å². The van der Waals surface area contributed by atoms with Gasteiger partial charge in [0.15, 0.2) is 11.0 Å². The molecule has 0 saturated carbocycles. The van der Waals surface area contributed by atoms with Gasteiger partial charge in [-0.05, 0) is 43.0 Å². The third-order valence-electron chi connectivity index (χ3n) is 5.50. The molecule has 8 heteroatoms. The Balaban J connectivity index is 1.47. The third kappa shape index (κ3) is 4.31. The number of hydrogen-bond acceptors (Lipinski definition) is 5. The number of thioether (sulfide) groups is 1.